The van der Waals surface area contributed by atoms with Crippen molar-refractivity contribution < 1.29 is 9.53 Å². The van der Waals surface area contributed by atoms with E-state index in [4.69, 9.17) is 17.0 Å². The third-order valence-corrected chi connectivity index (χ3v) is 4.09. The fourth-order valence-electron chi connectivity index (χ4n) is 1.52. The van der Waals surface area contributed by atoms with Gasteiger partial charge in [-0.3, -0.25) is 0 Å². The van der Waals surface area contributed by atoms with Gasteiger partial charge in [-0.2, -0.15) is 0 Å². The molecule has 1 aromatic rings. The Morgan fingerprint density at radius 1 is 1.61 bits per heavy atom. The molecule has 0 atom stereocenters. The minimum atomic E-state index is -0.331. The van der Waals surface area contributed by atoms with Crippen LogP contribution >= 0.6 is 23.6 Å². The maximum absolute atomic E-state index is 11.7. The SMILES string of the molecule is CCc1cc(C(=O)OC)c(NC(=S)NC2CC2)s1. The van der Waals surface area contributed by atoms with Crippen LogP contribution in [0.15, 0.2) is 6.07 Å². The van der Waals surface area contributed by atoms with Gasteiger partial charge in [0, 0.05) is 10.9 Å². The van der Waals surface area contributed by atoms with E-state index in [9.17, 15) is 4.79 Å². The highest BCUT2D eigenvalue weighted by molar-refractivity contribution is 7.80. The van der Waals surface area contributed by atoms with E-state index in [1.165, 1.54) is 18.4 Å². The van der Waals surface area contributed by atoms with Crippen LogP contribution in [0.4, 0.5) is 5.00 Å². The minimum Gasteiger partial charge on any atom is -0.465 e. The van der Waals surface area contributed by atoms with Crippen LogP contribution in [-0.4, -0.2) is 24.2 Å². The molecule has 18 heavy (non-hydrogen) atoms. The third kappa shape index (κ3) is 3.20. The third-order valence-electron chi connectivity index (χ3n) is 2.68. The second-order valence-electron chi connectivity index (χ2n) is 4.17. The first-order valence-corrected chi connectivity index (χ1v) is 7.15. The molecule has 0 unspecified atom stereocenters. The van der Waals surface area contributed by atoms with Crippen LogP contribution in [-0.2, 0) is 11.2 Å². The van der Waals surface area contributed by atoms with E-state index in [1.807, 2.05) is 6.07 Å². The molecule has 98 valence electrons. The van der Waals surface area contributed by atoms with Gasteiger partial charge in [-0.05, 0) is 37.5 Å². The Balaban J connectivity index is 2.11. The summed E-state index contributed by atoms with van der Waals surface area (Å²) in [7, 11) is 1.39. The van der Waals surface area contributed by atoms with Gasteiger partial charge in [0.15, 0.2) is 5.11 Å². The number of anilines is 1. The highest BCUT2D eigenvalue weighted by Crippen LogP contribution is 2.29. The van der Waals surface area contributed by atoms with Crippen LogP contribution in [0.25, 0.3) is 0 Å². The lowest BCUT2D eigenvalue weighted by Crippen LogP contribution is -2.30. The van der Waals surface area contributed by atoms with Crippen molar-refractivity contribution in [3.05, 3.63) is 16.5 Å². The lowest BCUT2D eigenvalue weighted by molar-refractivity contribution is 0.0602. The Bertz CT molecular complexity index is 467. The van der Waals surface area contributed by atoms with Gasteiger partial charge in [-0.25, -0.2) is 4.79 Å². The van der Waals surface area contributed by atoms with Crippen LogP contribution < -0.4 is 10.6 Å². The summed E-state index contributed by atoms with van der Waals surface area (Å²) in [6, 6.07) is 2.36. The standard InChI is InChI=1S/C12H16N2O2S2/c1-3-8-6-9(11(15)16-2)10(18-8)14-12(17)13-7-4-5-7/h6-7H,3-5H2,1-2H3,(H2,13,14,17). The number of hydrogen-bond acceptors (Lipinski definition) is 4. The maximum atomic E-state index is 11.7. The van der Waals surface area contributed by atoms with Crippen molar-refractivity contribution in [2.75, 3.05) is 12.4 Å². The molecule has 1 heterocycles. The summed E-state index contributed by atoms with van der Waals surface area (Å²) in [5, 5.41) is 7.62. The van der Waals surface area contributed by atoms with Crippen molar-refractivity contribution in [3.63, 3.8) is 0 Å². The van der Waals surface area contributed by atoms with Gasteiger partial charge in [0.1, 0.15) is 5.00 Å². The first kappa shape index (κ1) is 13.3. The predicted octanol–water partition coefficient (Wildman–Crippen LogP) is 2.55. The number of carbonyl (C=O) groups excluding carboxylic acids is 1. The second-order valence-corrected chi connectivity index (χ2v) is 5.72. The van der Waals surface area contributed by atoms with Crippen LogP contribution in [0.2, 0.25) is 0 Å². The largest absolute Gasteiger partial charge is 0.465 e. The zero-order chi connectivity index (χ0) is 13.1. The predicted molar refractivity (Wildman–Crippen MR) is 77.4 cm³/mol. The average Bonchev–Trinajstić information content (AvgIpc) is 3.06. The fourth-order valence-corrected chi connectivity index (χ4v) is 2.84. The average molecular weight is 284 g/mol. The Morgan fingerprint density at radius 3 is 2.89 bits per heavy atom. The molecule has 0 bridgehead atoms. The molecule has 0 radical (unpaired) electrons. The molecule has 1 aromatic heterocycles. The number of carbonyl (C=O) groups is 1. The molecule has 0 spiro atoms. The molecule has 0 aliphatic heterocycles. The number of thiophene rings is 1. The van der Waals surface area contributed by atoms with Crippen molar-refractivity contribution in [1.29, 1.82) is 0 Å². The van der Waals surface area contributed by atoms with Gasteiger partial charge in [0.25, 0.3) is 0 Å². The number of nitrogens with one attached hydrogen (secondary N) is 2. The number of esters is 1. The number of ether oxygens (including phenoxy) is 1. The van der Waals surface area contributed by atoms with Gasteiger partial charge in [-0.1, -0.05) is 6.92 Å². The molecule has 1 aliphatic carbocycles. The number of rotatable bonds is 4. The summed E-state index contributed by atoms with van der Waals surface area (Å²) in [4.78, 5) is 12.8. The molecule has 4 nitrogen and oxygen atoms in total. The number of methoxy groups -OCH3 is 1. The van der Waals surface area contributed by atoms with E-state index in [1.54, 1.807) is 0 Å². The zero-order valence-corrected chi connectivity index (χ0v) is 12.0. The molecular formula is C12H16N2O2S2. The normalized spacial score (nSPS) is 14.1. The highest BCUT2D eigenvalue weighted by atomic mass is 32.1. The second kappa shape index (κ2) is 5.67. The Morgan fingerprint density at radius 2 is 2.33 bits per heavy atom. The van der Waals surface area contributed by atoms with Crippen LogP contribution in [0.5, 0.6) is 0 Å². The molecule has 1 saturated carbocycles. The number of aryl methyl sites for hydroxylation is 1. The van der Waals surface area contributed by atoms with Gasteiger partial charge in [-0.15, -0.1) is 11.3 Å². The highest BCUT2D eigenvalue weighted by Gasteiger charge is 2.23. The van der Waals surface area contributed by atoms with Crippen molar-refractivity contribution >= 4 is 39.6 Å². The van der Waals surface area contributed by atoms with Gasteiger partial charge >= 0.3 is 5.97 Å². The van der Waals surface area contributed by atoms with Crippen LogP contribution in [0, 0.1) is 0 Å². The summed E-state index contributed by atoms with van der Waals surface area (Å²) >= 11 is 6.75. The topological polar surface area (TPSA) is 50.4 Å². The van der Waals surface area contributed by atoms with E-state index in [0.29, 0.717) is 16.7 Å². The first-order chi connectivity index (χ1) is 8.63. The van der Waals surface area contributed by atoms with Gasteiger partial charge in [0.2, 0.25) is 0 Å². The fraction of sp³-hybridized carbons (Fsp3) is 0.500. The molecule has 1 fully saturated rings. The lowest BCUT2D eigenvalue weighted by atomic mass is 10.2. The van der Waals surface area contributed by atoms with Crippen molar-refractivity contribution in [1.82, 2.24) is 5.32 Å². The monoisotopic (exact) mass is 284 g/mol. The lowest BCUT2D eigenvalue weighted by Gasteiger charge is -2.09. The summed E-state index contributed by atoms with van der Waals surface area (Å²) in [5.74, 6) is -0.331. The smallest absolute Gasteiger partial charge is 0.340 e. The van der Waals surface area contributed by atoms with Crippen molar-refractivity contribution in [3.8, 4) is 0 Å². The molecule has 2 rings (SSSR count). The summed E-state index contributed by atoms with van der Waals surface area (Å²) in [5.41, 5.74) is 0.555. The number of hydrogen-bond donors (Lipinski definition) is 2. The van der Waals surface area contributed by atoms with Crippen LogP contribution in [0.1, 0.15) is 35.0 Å². The van der Waals surface area contributed by atoms with E-state index < -0.39 is 0 Å². The van der Waals surface area contributed by atoms with Crippen LogP contribution in [0.3, 0.4) is 0 Å². The maximum Gasteiger partial charge on any atom is 0.340 e. The zero-order valence-electron chi connectivity index (χ0n) is 10.4. The minimum absolute atomic E-state index is 0.331. The molecular weight excluding hydrogens is 268 g/mol. The first-order valence-electron chi connectivity index (χ1n) is 5.92. The molecule has 6 heteroatoms. The van der Waals surface area contributed by atoms with E-state index in [2.05, 4.69) is 17.6 Å². The van der Waals surface area contributed by atoms with E-state index in [0.717, 1.165) is 29.1 Å². The van der Waals surface area contributed by atoms with Crippen molar-refractivity contribution in [2.45, 2.75) is 32.2 Å². The Labute approximate surface area is 116 Å². The molecule has 0 saturated heterocycles. The van der Waals surface area contributed by atoms with Gasteiger partial charge < -0.3 is 15.4 Å². The van der Waals surface area contributed by atoms with E-state index >= 15 is 0 Å². The van der Waals surface area contributed by atoms with E-state index in [-0.39, 0.29) is 5.97 Å². The Kier molecular flexibility index (Phi) is 4.19. The molecule has 0 aromatic carbocycles. The van der Waals surface area contributed by atoms with Crippen molar-refractivity contribution in [2.24, 2.45) is 0 Å². The number of thiocarbonyl (C=S) groups is 1. The summed E-state index contributed by atoms with van der Waals surface area (Å²) < 4.78 is 4.77. The quantitative estimate of drug-likeness (QED) is 0.657. The Hall–Kier alpha value is -1.14. The summed E-state index contributed by atoms with van der Waals surface area (Å²) in [6.45, 7) is 2.05. The molecule has 1 aliphatic rings. The molecule has 0 amide bonds. The van der Waals surface area contributed by atoms with Gasteiger partial charge in [0.05, 0.1) is 12.7 Å². The molecule has 2 N–H and O–H groups in total. The summed E-state index contributed by atoms with van der Waals surface area (Å²) in [6.07, 6.45) is 3.21.